The molecule has 0 spiro atoms. The highest BCUT2D eigenvalue weighted by Crippen LogP contribution is 2.22. The normalized spacial score (nSPS) is 22.5. The lowest BCUT2D eigenvalue weighted by molar-refractivity contribution is -0.139. The molecule has 1 saturated heterocycles. The maximum Gasteiger partial charge on any atom is 0.227 e. The first-order chi connectivity index (χ1) is 9.13. The van der Waals surface area contributed by atoms with Gasteiger partial charge in [0.25, 0.3) is 0 Å². The molecule has 1 aliphatic heterocycles. The number of carbonyl (C=O) groups excluding carboxylic acids is 1. The highest BCUT2D eigenvalue weighted by molar-refractivity contribution is 5.78. The van der Waals surface area contributed by atoms with Gasteiger partial charge >= 0.3 is 0 Å². The van der Waals surface area contributed by atoms with E-state index in [0.29, 0.717) is 13.2 Å². The number of nitrogens with one attached hydrogen (secondary N) is 1. The predicted octanol–water partition coefficient (Wildman–Crippen LogP) is 0.507. The van der Waals surface area contributed by atoms with Crippen LogP contribution in [0.25, 0.3) is 0 Å². The zero-order valence-corrected chi connectivity index (χ0v) is 11.8. The molecule has 1 aliphatic rings. The molecule has 1 aromatic rings. The lowest BCUT2D eigenvalue weighted by Gasteiger charge is -2.39. The summed E-state index contributed by atoms with van der Waals surface area (Å²) in [5.74, 6) is 0.983. The van der Waals surface area contributed by atoms with Crippen LogP contribution < -0.4 is 0 Å². The van der Waals surface area contributed by atoms with Crippen LogP contribution in [0.15, 0.2) is 12.4 Å². The van der Waals surface area contributed by atoms with E-state index in [-0.39, 0.29) is 17.9 Å². The average molecular weight is 266 g/mol. The Morgan fingerprint density at radius 1 is 1.63 bits per heavy atom. The molecule has 106 valence electrons. The number of piperazine rings is 1. The zero-order chi connectivity index (χ0) is 13.8. The molecule has 6 nitrogen and oxygen atoms in total. The number of hydrogen-bond acceptors (Lipinski definition) is 4. The number of hydrogen-bond donors (Lipinski definition) is 1. The minimum absolute atomic E-state index is 0.0920. The number of aromatic nitrogens is 2. The number of rotatable bonds is 4. The molecule has 2 atom stereocenters. The summed E-state index contributed by atoms with van der Waals surface area (Å²) in [6, 6.07) is 0.141. The Kier molecular flexibility index (Phi) is 4.55. The maximum atomic E-state index is 12.3. The van der Waals surface area contributed by atoms with Gasteiger partial charge in [-0.3, -0.25) is 9.69 Å². The third kappa shape index (κ3) is 3.13. The Morgan fingerprint density at radius 3 is 3.05 bits per heavy atom. The molecule has 1 N–H and O–H groups in total. The highest BCUT2D eigenvalue weighted by atomic mass is 16.5. The van der Waals surface area contributed by atoms with E-state index >= 15 is 0 Å². The number of nitrogens with zero attached hydrogens (tertiary/aromatic N) is 3. The summed E-state index contributed by atoms with van der Waals surface area (Å²) >= 11 is 0. The average Bonchev–Trinajstić information content (AvgIpc) is 2.92. The molecule has 0 saturated carbocycles. The van der Waals surface area contributed by atoms with E-state index in [2.05, 4.69) is 21.9 Å². The first kappa shape index (κ1) is 14.0. The zero-order valence-electron chi connectivity index (χ0n) is 11.8. The molecule has 2 rings (SSSR count). The molecule has 2 heterocycles. The van der Waals surface area contributed by atoms with Crippen LogP contribution in [0.5, 0.6) is 0 Å². The van der Waals surface area contributed by atoms with E-state index in [1.54, 1.807) is 13.3 Å². The Hall–Kier alpha value is -1.40. The van der Waals surface area contributed by atoms with E-state index < -0.39 is 0 Å². The number of ether oxygens (including phenoxy) is 1. The number of carbonyl (C=O) groups is 1. The van der Waals surface area contributed by atoms with Crippen molar-refractivity contribution in [2.24, 2.45) is 5.92 Å². The molecule has 19 heavy (non-hydrogen) atoms. The van der Waals surface area contributed by atoms with Gasteiger partial charge < -0.3 is 14.6 Å². The number of H-pyrrole nitrogens is 1. The van der Waals surface area contributed by atoms with Crippen LogP contribution in [0.3, 0.4) is 0 Å². The van der Waals surface area contributed by atoms with Gasteiger partial charge in [-0.15, -0.1) is 0 Å². The minimum atomic E-state index is -0.0920. The van der Waals surface area contributed by atoms with E-state index in [1.165, 1.54) is 0 Å². The smallest absolute Gasteiger partial charge is 0.227 e. The molecule has 0 unspecified atom stereocenters. The van der Waals surface area contributed by atoms with Crippen molar-refractivity contribution in [2.75, 3.05) is 40.4 Å². The molecular formula is C13H22N4O2. The van der Waals surface area contributed by atoms with Crippen LogP contribution in [0.1, 0.15) is 18.8 Å². The monoisotopic (exact) mass is 266 g/mol. The summed E-state index contributed by atoms with van der Waals surface area (Å²) in [5.41, 5.74) is 0. The summed E-state index contributed by atoms with van der Waals surface area (Å²) < 4.78 is 5.06. The van der Waals surface area contributed by atoms with Crippen molar-refractivity contribution in [1.82, 2.24) is 19.8 Å². The SMILES string of the molecule is COC[C@@H](C)C(=O)N1CCN(C)[C@@H](c2ncc[nH]2)C1. The van der Waals surface area contributed by atoms with Crippen LogP contribution in [-0.2, 0) is 9.53 Å². The molecule has 0 aliphatic carbocycles. The number of likely N-dealkylation sites (N-methyl/N-ethyl adjacent to an activating group) is 1. The van der Waals surface area contributed by atoms with Gasteiger partial charge in [-0.1, -0.05) is 6.92 Å². The van der Waals surface area contributed by atoms with Gasteiger partial charge in [0.1, 0.15) is 5.82 Å². The number of amides is 1. The fourth-order valence-corrected chi connectivity index (χ4v) is 2.46. The van der Waals surface area contributed by atoms with Crippen molar-refractivity contribution >= 4 is 5.91 Å². The maximum absolute atomic E-state index is 12.3. The van der Waals surface area contributed by atoms with E-state index in [0.717, 1.165) is 18.9 Å². The molecule has 1 aromatic heterocycles. The van der Waals surface area contributed by atoms with Crippen molar-refractivity contribution in [3.8, 4) is 0 Å². The third-order valence-electron chi connectivity index (χ3n) is 3.63. The summed E-state index contributed by atoms with van der Waals surface area (Å²) in [7, 11) is 3.69. The summed E-state index contributed by atoms with van der Waals surface area (Å²) in [6.45, 7) is 4.68. The van der Waals surface area contributed by atoms with Crippen LogP contribution in [0.2, 0.25) is 0 Å². The van der Waals surface area contributed by atoms with Crippen LogP contribution >= 0.6 is 0 Å². The van der Waals surface area contributed by atoms with Crippen molar-refractivity contribution < 1.29 is 9.53 Å². The van der Waals surface area contributed by atoms with Crippen molar-refractivity contribution in [1.29, 1.82) is 0 Å². The molecular weight excluding hydrogens is 244 g/mol. The fourth-order valence-electron chi connectivity index (χ4n) is 2.46. The Labute approximate surface area is 113 Å². The number of aromatic amines is 1. The van der Waals surface area contributed by atoms with Crippen molar-refractivity contribution in [3.63, 3.8) is 0 Å². The van der Waals surface area contributed by atoms with E-state index in [4.69, 9.17) is 4.74 Å². The van der Waals surface area contributed by atoms with Gasteiger partial charge in [0, 0.05) is 39.1 Å². The largest absolute Gasteiger partial charge is 0.384 e. The standard InChI is InChI=1S/C13H22N4O2/c1-10(9-19-3)13(18)17-7-6-16(2)11(8-17)12-14-4-5-15-12/h4-5,10-11H,6-9H2,1-3H3,(H,14,15)/t10-,11-/m1/s1. The summed E-state index contributed by atoms with van der Waals surface area (Å²) in [4.78, 5) is 23.9. The Morgan fingerprint density at radius 2 is 2.42 bits per heavy atom. The predicted molar refractivity (Wildman–Crippen MR) is 71.6 cm³/mol. The van der Waals surface area contributed by atoms with Crippen LogP contribution in [0.4, 0.5) is 0 Å². The molecule has 1 amide bonds. The minimum Gasteiger partial charge on any atom is -0.384 e. The molecule has 0 aromatic carbocycles. The Bertz CT molecular complexity index is 407. The first-order valence-corrected chi connectivity index (χ1v) is 6.60. The van der Waals surface area contributed by atoms with E-state index in [9.17, 15) is 4.79 Å². The van der Waals surface area contributed by atoms with Gasteiger partial charge in [0.2, 0.25) is 5.91 Å². The second-order valence-corrected chi connectivity index (χ2v) is 5.11. The highest BCUT2D eigenvalue weighted by Gasteiger charge is 2.31. The lowest BCUT2D eigenvalue weighted by Crippen LogP contribution is -2.51. The van der Waals surface area contributed by atoms with Crippen molar-refractivity contribution in [3.05, 3.63) is 18.2 Å². The Balaban J connectivity index is 2.03. The second-order valence-electron chi connectivity index (χ2n) is 5.11. The topological polar surface area (TPSA) is 61.5 Å². The molecule has 0 radical (unpaired) electrons. The van der Waals surface area contributed by atoms with Crippen LogP contribution in [0, 0.1) is 5.92 Å². The number of imidazole rings is 1. The van der Waals surface area contributed by atoms with Crippen molar-refractivity contribution in [2.45, 2.75) is 13.0 Å². The fraction of sp³-hybridized carbons (Fsp3) is 0.692. The summed E-state index contributed by atoms with van der Waals surface area (Å²) in [6.07, 6.45) is 3.56. The van der Waals surface area contributed by atoms with Gasteiger partial charge in [-0.25, -0.2) is 4.98 Å². The van der Waals surface area contributed by atoms with Gasteiger partial charge in [-0.2, -0.15) is 0 Å². The van der Waals surface area contributed by atoms with Gasteiger partial charge in [0.05, 0.1) is 18.6 Å². The van der Waals surface area contributed by atoms with Crippen LogP contribution in [-0.4, -0.2) is 66.1 Å². The first-order valence-electron chi connectivity index (χ1n) is 6.60. The molecule has 1 fully saturated rings. The second kappa shape index (κ2) is 6.16. The van der Waals surface area contributed by atoms with E-state index in [1.807, 2.05) is 18.0 Å². The number of methoxy groups -OCH3 is 1. The molecule has 0 bridgehead atoms. The van der Waals surface area contributed by atoms with Gasteiger partial charge in [0.15, 0.2) is 0 Å². The summed E-state index contributed by atoms with van der Waals surface area (Å²) in [5, 5.41) is 0. The lowest BCUT2D eigenvalue weighted by atomic mass is 10.1. The quantitative estimate of drug-likeness (QED) is 0.862. The molecule has 6 heteroatoms. The van der Waals surface area contributed by atoms with Gasteiger partial charge in [-0.05, 0) is 7.05 Å². The third-order valence-corrected chi connectivity index (χ3v) is 3.63.